The number of benzene rings is 1. The molecular formula is C10H13BrNO6P. The number of alkyl halides is 1. The Hall–Kier alpha value is -0.760. The van der Waals surface area contributed by atoms with Gasteiger partial charge >= 0.3 is 13.8 Å². The predicted octanol–water partition coefficient (Wildman–Crippen LogP) is 1.63. The number of carbonyl (C=O) groups is 1. The van der Waals surface area contributed by atoms with E-state index in [1.54, 1.807) is 12.1 Å². The van der Waals surface area contributed by atoms with Crippen molar-refractivity contribution in [1.82, 2.24) is 5.48 Å². The van der Waals surface area contributed by atoms with E-state index >= 15 is 0 Å². The highest BCUT2D eigenvalue weighted by molar-refractivity contribution is 9.09. The lowest BCUT2D eigenvalue weighted by Crippen LogP contribution is -2.35. The monoisotopic (exact) mass is 353 g/mol. The van der Waals surface area contributed by atoms with Gasteiger partial charge in [-0.1, -0.05) is 46.3 Å². The van der Waals surface area contributed by atoms with Gasteiger partial charge in [0.1, 0.15) is 6.04 Å². The van der Waals surface area contributed by atoms with Crippen LogP contribution in [0.2, 0.25) is 0 Å². The minimum absolute atomic E-state index is 0.515. The largest absolute Gasteiger partial charge is 0.527 e. The van der Waals surface area contributed by atoms with Gasteiger partial charge < -0.3 is 4.52 Å². The zero-order valence-corrected chi connectivity index (χ0v) is 12.4. The molecule has 0 aliphatic heterocycles. The number of hydrogen-bond acceptors (Lipinski definition) is 5. The van der Waals surface area contributed by atoms with E-state index in [0.29, 0.717) is 0 Å². The average Bonchev–Trinajstić information content (AvgIpc) is 2.34. The van der Waals surface area contributed by atoms with Crippen LogP contribution < -0.4 is 5.48 Å². The molecule has 7 nitrogen and oxygen atoms in total. The molecule has 2 atom stereocenters. The number of halogens is 1. The Morgan fingerprint density at radius 3 is 2.47 bits per heavy atom. The molecule has 0 aliphatic carbocycles. The second-order valence-electron chi connectivity index (χ2n) is 3.59. The first-order chi connectivity index (χ1) is 8.79. The molecule has 1 aromatic rings. The zero-order valence-electron chi connectivity index (χ0n) is 9.89. The SMILES string of the molecule is C[C@H](NOC(Br)c1ccccc1)C(=O)OP(=O)(O)O. The summed E-state index contributed by atoms with van der Waals surface area (Å²) >= 11 is 3.23. The standard InChI is InChI=1S/C10H13BrNO6P/c1-7(10(13)18-19(14,15)16)12-17-9(11)8-5-3-2-4-6-8/h2-7,9,12H,1H3,(H2,14,15,16)/t7-,9?/m0/s1. The summed E-state index contributed by atoms with van der Waals surface area (Å²) in [4.78, 5) is 33.3. The van der Waals surface area contributed by atoms with E-state index in [0.717, 1.165) is 5.56 Å². The van der Waals surface area contributed by atoms with Gasteiger partial charge in [-0.25, -0.2) is 9.36 Å². The van der Waals surface area contributed by atoms with Crippen LogP contribution in [0.1, 0.15) is 17.5 Å². The van der Waals surface area contributed by atoms with Crippen molar-refractivity contribution in [3.8, 4) is 0 Å². The van der Waals surface area contributed by atoms with Crippen LogP contribution in [0, 0.1) is 0 Å². The van der Waals surface area contributed by atoms with Gasteiger partial charge in [-0.2, -0.15) is 5.48 Å². The molecule has 19 heavy (non-hydrogen) atoms. The lowest BCUT2D eigenvalue weighted by Gasteiger charge is -2.16. The van der Waals surface area contributed by atoms with Gasteiger partial charge in [0.25, 0.3) is 0 Å². The molecule has 0 aromatic heterocycles. The van der Waals surface area contributed by atoms with Crippen molar-refractivity contribution in [3.63, 3.8) is 0 Å². The van der Waals surface area contributed by atoms with Crippen molar-refractivity contribution in [2.75, 3.05) is 0 Å². The minimum atomic E-state index is -4.84. The number of hydroxylamine groups is 1. The molecule has 0 saturated carbocycles. The van der Waals surface area contributed by atoms with Crippen LogP contribution in [0.15, 0.2) is 30.3 Å². The Balaban J connectivity index is 2.44. The molecule has 1 unspecified atom stereocenters. The summed E-state index contributed by atoms with van der Waals surface area (Å²) in [7, 11) is -4.84. The fourth-order valence-corrected chi connectivity index (χ4v) is 1.88. The maximum atomic E-state index is 11.2. The van der Waals surface area contributed by atoms with E-state index in [-0.39, 0.29) is 0 Å². The molecule has 1 rings (SSSR count). The van der Waals surface area contributed by atoms with Crippen LogP contribution in [-0.4, -0.2) is 21.8 Å². The Morgan fingerprint density at radius 1 is 1.37 bits per heavy atom. The number of nitrogens with one attached hydrogen (secondary N) is 1. The van der Waals surface area contributed by atoms with E-state index in [4.69, 9.17) is 14.6 Å². The summed E-state index contributed by atoms with van der Waals surface area (Å²) in [5, 5.41) is -0.515. The topological polar surface area (TPSA) is 105 Å². The summed E-state index contributed by atoms with van der Waals surface area (Å²) in [6.45, 7) is 1.35. The lowest BCUT2D eigenvalue weighted by atomic mass is 10.2. The molecule has 0 fully saturated rings. The molecule has 3 N–H and O–H groups in total. The summed E-state index contributed by atoms with van der Waals surface area (Å²) < 4.78 is 14.4. The van der Waals surface area contributed by atoms with Crippen molar-refractivity contribution in [3.05, 3.63) is 35.9 Å². The highest BCUT2D eigenvalue weighted by Gasteiger charge is 2.25. The predicted molar refractivity (Wildman–Crippen MR) is 69.9 cm³/mol. The minimum Gasteiger partial charge on any atom is -0.369 e. The highest BCUT2D eigenvalue weighted by atomic mass is 79.9. The zero-order chi connectivity index (χ0) is 14.5. The summed E-state index contributed by atoms with van der Waals surface area (Å²) in [6, 6.07) is 8.06. The fourth-order valence-electron chi connectivity index (χ4n) is 1.08. The van der Waals surface area contributed by atoms with Gasteiger partial charge in [0.15, 0.2) is 5.01 Å². The first-order valence-corrected chi connectivity index (χ1v) is 7.63. The van der Waals surface area contributed by atoms with E-state index < -0.39 is 24.8 Å². The third-order valence-corrected chi connectivity index (χ3v) is 3.11. The summed E-state index contributed by atoms with van der Waals surface area (Å²) in [6.07, 6.45) is 0. The highest BCUT2D eigenvalue weighted by Crippen LogP contribution is 2.36. The molecule has 0 amide bonds. The lowest BCUT2D eigenvalue weighted by molar-refractivity contribution is -0.142. The van der Waals surface area contributed by atoms with Crippen molar-refractivity contribution >= 4 is 29.7 Å². The van der Waals surface area contributed by atoms with Crippen molar-refractivity contribution in [2.24, 2.45) is 0 Å². The molecular weight excluding hydrogens is 341 g/mol. The van der Waals surface area contributed by atoms with Gasteiger partial charge in [0, 0.05) is 0 Å². The first kappa shape index (κ1) is 16.3. The third kappa shape index (κ3) is 6.29. The Labute approximate surface area is 118 Å². The van der Waals surface area contributed by atoms with Gasteiger partial charge in [0.2, 0.25) is 0 Å². The number of carbonyl (C=O) groups excluding carboxylic acids is 1. The molecule has 0 spiro atoms. The second-order valence-corrected chi connectivity index (χ2v) is 5.58. The van der Waals surface area contributed by atoms with Gasteiger partial charge in [-0.15, -0.1) is 0 Å². The normalized spacial score (nSPS) is 14.7. The Kier molecular flexibility index (Phi) is 6.12. The van der Waals surface area contributed by atoms with Crippen LogP contribution in [0.3, 0.4) is 0 Å². The van der Waals surface area contributed by atoms with Crippen LogP contribution in [0.4, 0.5) is 0 Å². The smallest absolute Gasteiger partial charge is 0.369 e. The third-order valence-electron chi connectivity index (χ3n) is 1.97. The number of phosphoric ester groups is 1. The molecule has 0 aliphatic rings. The van der Waals surface area contributed by atoms with E-state index in [9.17, 15) is 9.36 Å². The van der Waals surface area contributed by atoms with Gasteiger partial charge in [-0.05, 0) is 12.5 Å². The van der Waals surface area contributed by atoms with Crippen molar-refractivity contribution in [2.45, 2.75) is 18.0 Å². The van der Waals surface area contributed by atoms with Crippen molar-refractivity contribution in [1.29, 1.82) is 0 Å². The van der Waals surface area contributed by atoms with Crippen LogP contribution in [0.5, 0.6) is 0 Å². The molecule has 0 radical (unpaired) electrons. The van der Waals surface area contributed by atoms with Crippen LogP contribution in [-0.2, 0) is 18.7 Å². The quantitative estimate of drug-likeness (QED) is 0.405. The van der Waals surface area contributed by atoms with E-state index in [1.807, 2.05) is 18.2 Å². The maximum Gasteiger partial charge on any atom is 0.527 e. The molecule has 106 valence electrons. The molecule has 9 heteroatoms. The Morgan fingerprint density at radius 2 is 1.95 bits per heavy atom. The molecule has 0 saturated heterocycles. The molecule has 0 heterocycles. The fraction of sp³-hybridized carbons (Fsp3) is 0.300. The van der Waals surface area contributed by atoms with Crippen LogP contribution >= 0.6 is 23.8 Å². The van der Waals surface area contributed by atoms with Gasteiger partial charge in [-0.3, -0.25) is 14.6 Å². The molecule has 1 aromatic carbocycles. The Bertz CT molecular complexity index is 464. The number of hydrogen-bond donors (Lipinski definition) is 3. The summed E-state index contributed by atoms with van der Waals surface area (Å²) in [5.41, 5.74) is 3.15. The average molecular weight is 354 g/mol. The van der Waals surface area contributed by atoms with Gasteiger partial charge in [0.05, 0.1) is 0 Å². The summed E-state index contributed by atoms with van der Waals surface area (Å²) in [5.74, 6) is -1.11. The van der Waals surface area contributed by atoms with E-state index in [1.165, 1.54) is 6.92 Å². The first-order valence-electron chi connectivity index (χ1n) is 5.19. The van der Waals surface area contributed by atoms with E-state index in [2.05, 4.69) is 25.9 Å². The molecule has 0 bridgehead atoms. The number of phosphoric acid groups is 1. The van der Waals surface area contributed by atoms with Crippen molar-refractivity contribution < 1.29 is 28.5 Å². The maximum absolute atomic E-state index is 11.2. The number of rotatable bonds is 6. The van der Waals surface area contributed by atoms with Crippen LogP contribution in [0.25, 0.3) is 0 Å². The second kappa shape index (κ2) is 7.14.